The van der Waals surface area contributed by atoms with Gasteiger partial charge in [-0.15, -0.1) is 0 Å². The second kappa shape index (κ2) is 22.5. The molecular formula is C50H58Cl2N4O9. The highest BCUT2D eigenvalue weighted by Crippen LogP contribution is 2.34. The monoisotopic (exact) mass is 928 g/mol. The van der Waals surface area contributed by atoms with E-state index in [0.29, 0.717) is 84.7 Å². The van der Waals surface area contributed by atoms with Gasteiger partial charge in [0, 0.05) is 87.4 Å². The standard InChI is InChI=1S/C25H28Cl2N2O4.C25H30N2O5/c1-31-22-14-18-21(15-23(22)32-2)33-16-17(25(18)30)6-3-4-9-28-10-12-29(13-11-28)20-8-5-7-19(26)24(20)27;1-30-23-15-21-22(16-24(23)31-2)32-17-18(25(21)29)6-3-4-9-26-10-12-27(13-11-26)19-7-5-8-20(28)14-19/h5,7-8,14-16H,3-4,6,9-13H2,1-2H3;5,7-8,14-17,28H,3-4,6,9-13H2,1-2H3. The van der Waals surface area contributed by atoms with Crippen LogP contribution >= 0.6 is 23.2 Å². The Morgan fingerprint density at radius 2 is 1.03 bits per heavy atom. The molecule has 0 radical (unpaired) electrons. The number of piperazine rings is 2. The van der Waals surface area contributed by atoms with Crippen molar-refractivity contribution in [1.29, 1.82) is 0 Å². The quantitative estimate of drug-likeness (QED) is 0.0929. The van der Waals surface area contributed by atoms with Crippen molar-refractivity contribution >= 4 is 56.5 Å². The average molecular weight is 930 g/mol. The Morgan fingerprint density at radius 1 is 0.569 bits per heavy atom. The molecule has 4 aromatic carbocycles. The minimum Gasteiger partial charge on any atom is -0.508 e. The summed E-state index contributed by atoms with van der Waals surface area (Å²) in [5.74, 6) is 2.43. The lowest BCUT2D eigenvalue weighted by molar-refractivity contribution is 0.253. The van der Waals surface area contributed by atoms with E-state index in [4.69, 9.17) is 51.0 Å². The molecule has 8 rings (SSSR count). The number of ether oxygens (including phenoxy) is 4. The minimum absolute atomic E-state index is 0.00747. The zero-order chi connectivity index (χ0) is 45.9. The number of methoxy groups -OCH3 is 4. The molecule has 2 aliphatic heterocycles. The molecule has 2 fully saturated rings. The fourth-order valence-electron chi connectivity index (χ4n) is 8.51. The number of hydrogen-bond donors (Lipinski definition) is 1. The third-order valence-corrected chi connectivity index (χ3v) is 13.1. The number of halogens is 2. The Kier molecular flexibility index (Phi) is 16.4. The molecule has 2 aliphatic rings. The van der Waals surface area contributed by atoms with Gasteiger partial charge in [-0.25, -0.2) is 0 Å². The van der Waals surface area contributed by atoms with Gasteiger partial charge >= 0.3 is 0 Å². The zero-order valence-corrected chi connectivity index (χ0v) is 39.1. The van der Waals surface area contributed by atoms with Crippen LogP contribution in [-0.2, 0) is 12.8 Å². The van der Waals surface area contributed by atoms with Crippen LogP contribution in [0.2, 0.25) is 10.0 Å². The van der Waals surface area contributed by atoms with Crippen molar-refractivity contribution in [1.82, 2.24) is 9.80 Å². The van der Waals surface area contributed by atoms with Crippen molar-refractivity contribution < 1.29 is 32.9 Å². The Hall–Kier alpha value is -5.60. The van der Waals surface area contributed by atoms with Crippen LogP contribution in [0.25, 0.3) is 21.9 Å². The number of hydrogen-bond acceptors (Lipinski definition) is 13. The van der Waals surface area contributed by atoms with E-state index in [1.165, 1.54) is 0 Å². The van der Waals surface area contributed by atoms with E-state index in [2.05, 4.69) is 19.6 Å². The number of fused-ring (bicyclic) bond motifs is 2. The third kappa shape index (κ3) is 11.6. The van der Waals surface area contributed by atoms with Gasteiger partial charge in [-0.05, 0) is 88.0 Å². The van der Waals surface area contributed by atoms with Crippen LogP contribution in [0.5, 0.6) is 28.7 Å². The third-order valence-electron chi connectivity index (χ3n) is 12.3. The molecule has 0 bridgehead atoms. The first-order valence-electron chi connectivity index (χ1n) is 22.1. The van der Waals surface area contributed by atoms with E-state index in [-0.39, 0.29) is 10.9 Å². The van der Waals surface area contributed by atoms with Crippen LogP contribution in [0.1, 0.15) is 36.8 Å². The van der Waals surface area contributed by atoms with Crippen molar-refractivity contribution in [2.75, 3.05) is 104 Å². The van der Waals surface area contributed by atoms with E-state index < -0.39 is 0 Å². The Bertz CT molecular complexity index is 2660. The number of aromatic hydroxyl groups is 1. The highest BCUT2D eigenvalue weighted by molar-refractivity contribution is 6.43. The predicted octanol–water partition coefficient (Wildman–Crippen LogP) is 8.92. The van der Waals surface area contributed by atoms with Crippen LogP contribution in [0.4, 0.5) is 11.4 Å². The van der Waals surface area contributed by atoms with Gasteiger partial charge in [-0.1, -0.05) is 35.3 Å². The Labute approximate surface area is 389 Å². The minimum atomic E-state index is -0.00998. The summed E-state index contributed by atoms with van der Waals surface area (Å²) in [7, 11) is 6.22. The molecule has 1 N–H and O–H groups in total. The van der Waals surface area contributed by atoms with Gasteiger partial charge < -0.3 is 42.7 Å². The molecule has 0 unspecified atom stereocenters. The van der Waals surface area contributed by atoms with Gasteiger partial charge in [0.2, 0.25) is 0 Å². The topological polar surface area (TPSA) is 131 Å². The van der Waals surface area contributed by atoms with Gasteiger partial charge in [0.05, 0.1) is 67.5 Å². The van der Waals surface area contributed by atoms with Gasteiger partial charge in [-0.3, -0.25) is 19.4 Å². The highest BCUT2D eigenvalue weighted by Gasteiger charge is 2.21. The predicted molar refractivity (Wildman–Crippen MR) is 259 cm³/mol. The molecule has 6 aromatic rings. The van der Waals surface area contributed by atoms with Crippen molar-refractivity contribution in [2.45, 2.75) is 38.5 Å². The van der Waals surface area contributed by atoms with Crippen LogP contribution < -0.4 is 39.6 Å². The molecule has 0 saturated carbocycles. The molecule has 0 aliphatic carbocycles. The Morgan fingerprint density at radius 3 is 1.51 bits per heavy atom. The van der Waals surface area contributed by atoms with Crippen molar-refractivity contribution in [3.63, 3.8) is 0 Å². The normalized spacial score (nSPS) is 14.6. The van der Waals surface area contributed by atoms with Crippen LogP contribution in [0.3, 0.4) is 0 Å². The maximum Gasteiger partial charge on any atom is 0.195 e. The first kappa shape index (κ1) is 47.4. The summed E-state index contributed by atoms with van der Waals surface area (Å²) in [5, 5.41) is 11.9. The molecule has 0 spiro atoms. The number of anilines is 2. The number of nitrogens with zero attached hydrogens (tertiary/aromatic N) is 4. The zero-order valence-electron chi connectivity index (χ0n) is 37.6. The molecule has 0 amide bonds. The van der Waals surface area contributed by atoms with E-state index in [1.807, 2.05) is 36.4 Å². The van der Waals surface area contributed by atoms with Crippen molar-refractivity contribution in [3.8, 4) is 28.7 Å². The molecule has 2 aromatic heterocycles. The summed E-state index contributed by atoms with van der Waals surface area (Å²) in [6, 6.07) is 20.0. The van der Waals surface area contributed by atoms with Crippen molar-refractivity contribution in [2.24, 2.45) is 0 Å². The van der Waals surface area contributed by atoms with E-state index >= 15 is 0 Å². The summed E-state index contributed by atoms with van der Waals surface area (Å²) in [5.41, 5.74) is 4.44. The number of rotatable bonds is 16. The number of phenols is 1. The maximum atomic E-state index is 12.9. The molecule has 2 saturated heterocycles. The molecule has 15 heteroatoms. The van der Waals surface area contributed by atoms with Gasteiger partial charge in [0.1, 0.15) is 16.9 Å². The van der Waals surface area contributed by atoms with Gasteiger partial charge in [0.15, 0.2) is 33.9 Å². The fourth-order valence-corrected chi connectivity index (χ4v) is 8.92. The lowest BCUT2D eigenvalue weighted by Gasteiger charge is -2.36. The summed E-state index contributed by atoms with van der Waals surface area (Å²) >= 11 is 12.5. The van der Waals surface area contributed by atoms with E-state index in [0.717, 1.165) is 103 Å². The summed E-state index contributed by atoms with van der Waals surface area (Å²) in [6.45, 7) is 9.68. The molecule has 65 heavy (non-hydrogen) atoms. The largest absolute Gasteiger partial charge is 0.508 e. The van der Waals surface area contributed by atoms with Crippen LogP contribution in [-0.4, -0.2) is 109 Å². The summed E-state index contributed by atoms with van der Waals surface area (Å²) in [6.07, 6.45) is 8.41. The Balaban J connectivity index is 0.000000194. The molecular weight excluding hydrogens is 871 g/mol. The van der Waals surface area contributed by atoms with Crippen LogP contribution in [0, 0.1) is 0 Å². The molecule has 0 atom stereocenters. The maximum absolute atomic E-state index is 12.9. The second-order valence-electron chi connectivity index (χ2n) is 16.3. The van der Waals surface area contributed by atoms with Crippen LogP contribution in [0.15, 0.2) is 97.7 Å². The van der Waals surface area contributed by atoms with E-state index in [1.54, 1.807) is 71.3 Å². The lowest BCUT2D eigenvalue weighted by atomic mass is 10.1. The SMILES string of the molecule is COc1cc2occ(CCCCN3CCN(c4cccc(Cl)c4Cl)CC3)c(=O)c2cc1OC.COc1cc2occ(CCCCN3CCN(c4cccc(O)c4)CC3)c(=O)c2cc1OC. The average Bonchev–Trinajstić information content (AvgIpc) is 3.33. The second-order valence-corrected chi connectivity index (χ2v) is 17.0. The first-order chi connectivity index (χ1) is 31.6. The fraction of sp³-hybridized carbons (Fsp3) is 0.400. The first-order valence-corrected chi connectivity index (χ1v) is 22.9. The van der Waals surface area contributed by atoms with Gasteiger partial charge in [0.25, 0.3) is 0 Å². The number of benzene rings is 4. The summed E-state index contributed by atoms with van der Waals surface area (Å²) in [4.78, 5) is 35.3. The summed E-state index contributed by atoms with van der Waals surface area (Å²) < 4.78 is 32.6. The number of aryl methyl sites for hydroxylation is 2. The molecule has 4 heterocycles. The lowest BCUT2D eigenvalue weighted by Crippen LogP contribution is -2.46. The number of phenolic OH excluding ortho intramolecular Hbond substituents is 1. The molecule has 13 nitrogen and oxygen atoms in total. The smallest absolute Gasteiger partial charge is 0.195 e. The highest BCUT2D eigenvalue weighted by atomic mass is 35.5. The molecule has 346 valence electrons. The van der Waals surface area contributed by atoms with Crippen molar-refractivity contribution in [3.05, 3.63) is 121 Å². The van der Waals surface area contributed by atoms with Gasteiger partial charge in [-0.2, -0.15) is 0 Å². The van der Waals surface area contributed by atoms with E-state index in [9.17, 15) is 14.7 Å². The number of unbranched alkanes of at least 4 members (excludes halogenated alkanes) is 2.